The minimum absolute atomic E-state index is 0.0375. The van der Waals surface area contributed by atoms with Gasteiger partial charge in [0.25, 0.3) is 0 Å². The van der Waals surface area contributed by atoms with Gasteiger partial charge in [-0.3, -0.25) is 9.59 Å². The lowest BCUT2D eigenvalue weighted by atomic mass is 9.92. The molecule has 0 N–H and O–H groups in total. The van der Waals surface area contributed by atoms with Crippen LogP contribution < -0.4 is 0 Å². The summed E-state index contributed by atoms with van der Waals surface area (Å²) in [6, 6.07) is 0. The number of amides is 2. The van der Waals surface area contributed by atoms with Crippen molar-refractivity contribution in [3.63, 3.8) is 0 Å². The second kappa shape index (κ2) is 4.69. The first-order valence-electron chi connectivity index (χ1n) is 6.92. The predicted octanol–water partition coefficient (Wildman–Crippen LogP) is 1.80. The third kappa shape index (κ3) is 2.49. The average molecular weight is 284 g/mol. The molecule has 108 valence electrons. The standard InChI is InChI=1S/C14H24N2O2S/c1-10(2)11(17)15-8-14(9-15)16(6-7-19-14)12(18)13(3,4)5/h10H,6-9H2,1-5H3. The first-order chi connectivity index (χ1) is 8.67. The van der Waals surface area contributed by atoms with Crippen molar-refractivity contribution in [3.05, 3.63) is 0 Å². The van der Waals surface area contributed by atoms with Crippen LogP contribution in [0.5, 0.6) is 0 Å². The average Bonchev–Trinajstić information content (AvgIpc) is 2.67. The Bertz CT molecular complexity index is 395. The van der Waals surface area contributed by atoms with Gasteiger partial charge in [0.2, 0.25) is 11.8 Å². The van der Waals surface area contributed by atoms with Gasteiger partial charge in [-0.15, -0.1) is 11.8 Å². The molecule has 0 aromatic rings. The highest BCUT2D eigenvalue weighted by molar-refractivity contribution is 8.01. The van der Waals surface area contributed by atoms with Gasteiger partial charge in [-0.1, -0.05) is 34.6 Å². The van der Waals surface area contributed by atoms with Crippen LogP contribution in [-0.2, 0) is 9.59 Å². The molecule has 19 heavy (non-hydrogen) atoms. The van der Waals surface area contributed by atoms with Crippen LogP contribution in [0.15, 0.2) is 0 Å². The van der Waals surface area contributed by atoms with Gasteiger partial charge in [0.15, 0.2) is 0 Å². The van der Waals surface area contributed by atoms with Gasteiger partial charge < -0.3 is 9.80 Å². The summed E-state index contributed by atoms with van der Waals surface area (Å²) in [7, 11) is 0. The second-order valence-corrected chi connectivity index (χ2v) is 8.31. The van der Waals surface area contributed by atoms with E-state index in [1.165, 1.54) is 0 Å². The maximum absolute atomic E-state index is 12.5. The molecule has 2 aliphatic heterocycles. The Kier molecular flexibility index (Phi) is 3.62. The van der Waals surface area contributed by atoms with Crippen molar-refractivity contribution in [2.75, 3.05) is 25.4 Å². The summed E-state index contributed by atoms with van der Waals surface area (Å²) < 4.78 is 0. The van der Waals surface area contributed by atoms with Gasteiger partial charge in [-0.25, -0.2) is 0 Å². The molecule has 4 nitrogen and oxygen atoms in total. The van der Waals surface area contributed by atoms with Crippen molar-refractivity contribution in [2.45, 2.75) is 39.5 Å². The van der Waals surface area contributed by atoms with E-state index < -0.39 is 0 Å². The Balaban J connectivity index is 2.06. The van der Waals surface area contributed by atoms with E-state index in [1.807, 2.05) is 56.2 Å². The van der Waals surface area contributed by atoms with Gasteiger partial charge in [0.1, 0.15) is 4.87 Å². The quantitative estimate of drug-likeness (QED) is 0.737. The molecule has 0 aromatic heterocycles. The number of rotatable bonds is 1. The van der Waals surface area contributed by atoms with Crippen LogP contribution in [0.25, 0.3) is 0 Å². The van der Waals surface area contributed by atoms with E-state index in [0.717, 1.165) is 12.3 Å². The van der Waals surface area contributed by atoms with Crippen molar-refractivity contribution in [2.24, 2.45) is 11.3 Å². The second-order valence-electron chi connectivity index (χ2n) is 6.85. The molecule has 0 saturated carbocycles. The maximum atomic E-state index is 12.5. The summed E-state index contributed by atoms with van der Waals surface area (Å²) in [5.74, 6) is 1.41. The molecular formula is C14H24N2O2S. The molecule has 2 rings (SSSR count). The van der Waals surface area contributed by atoms with E-state index in [0.29, 0.717) is 13.1 Å². The number of carbonyl (C=O) groups is 2. The lowest BCUT2D eigenvalue weighted by molar-refractivity contribution is -0.154. The van der Waals surface area contributed by atoms with Crippen LogP contribution in [-0.4, -0.2) is 51.9 Å². The van der Waals surface area contributed by atoms with E-state index >= 15 is 0 Å². The summed E-state index contributed by atoms with van der Waals surface area (Å²) in [5.41, 5.74) is -0.347. The number of likely N-dealkylation sites (tertiary alicyclic amines) is 1. The minimum atomic E-state index is -0.347. The molecule has 0 aliphatic carbocycles. The van der Waals surface area contributed by atoms with Crippen LogP contribution in [0.3, 0.4) is 0 Å². The monoisotopic (exact) mass is 284 g/mol. The third-order valence-corrected chi connectivity index (χ3v) is 5.15. The topological polar surface area (TPSA) is 40.6 Å². The van der Waals surface area contributed by atoms with Crippen LogP contribution >= 0.6 is 11.8 Å². The molecule has 1 spiro atoms. The Morgan fingerprint density at radius 3 is 2.26 bits per heavy atom. The van der Waals surface area contributed by atoms with Crippen molar-refractivity contribution >= 4 is 23.6 Å². The van der Waals surface area contributed by atoms with Crippen LogP contribution in [0, 0.1) is 11.3 Å². The van der Waals surface area contributed by atoms with Crippen LogP contribution in [0.2, 0.25) is 0 Å². The number of thioether (sulfide) groups is 1. The molecular weight excluding hydrogens is 260 g/mol. The zero-order valence-electron chi connectivity index (χ0n) is 12.5. The Morgan fingerprint density at radius 1 is 1.21 bits per heavy atom. The Hall–Kier alpha value is -0.710. The van der Waals surface area contributed by atoms with Gasteiger partial charge in [0.05, 0.1) is 13.1 Å². The lowest BCUT2D eigenvalue weighted by Crippen LogP contribution is -2.69. The fourth-order valence-corrected chi connectivity index (χ4v) is 4.11. The normalized spacial score (nSPS) is 22.0. The summed E-state index contributed by atoms with van der Waals surface area (Å²) in [4.78, 5) is 28.2. The fourth-order valence-electron chi connectivity index (χ4n) is 2.63. The molecule has 2 amide bonds. The van der Waals surface area contributed by atoms with E-state index in [2.05, 4.69) is 0 Å². The van der Waals surface area contributed by atoms with E-state index in [-0.39, 0.29) is 28.0 Å². The van der Waals surface area contributed by atoms with Crippen molar-refractivity contribution in [1.29, 1.82) is 0 Å². The van der Waals surface area contributed by atoms with E-state index in [9.17, 15) is 9.59 Å². The molecule has 0 aromatic carbocycles. The van der Waals surface area contributed by atoms with Crippen LogP contribution in [0.4, 0.5) is 0 Å². The number of hydrogen-bond donors (Lipinski definition) is 0. The molecule has 0 radical (unpaired) electrons. The number of hydrogen-bond acceptors (Lipinski definition) is 3. The van der Waals surface area contributed by atoms with Gasteiger partial charge in [0, 0.05) is 23.6 Å². The molecule has 0 atom stereocenters. The fraction of sp³-hybridized carbons (Fsp3) is 0.857. The Labute approximate surface area is 119 Å². The lowest BCUT2D eigenvalue weighted by Gasteiger charge is -2.53. The van der Waals surface area contributed by atoms with E-state index in [1.54, 1.807) is 0 Å². The molecule has 0 unspecified atom stereocenters. The molecule has 2 heterocycles. The number of nitrogens with zero attached hydrogens (tertiary/aromatic N) is 2. The zero-order chi connectivity index (χ0) is 14.4. The summed E-state index contributed by atoms with van der Waals surface area (Å²) in [5, 5.41) is 0. The molecule has 2 saturated heterocycles. The largest absolute Gasteiger partial charge is 0.336 e. The smallest absolute Gasteiger partial charge is 0.229 e. The zero-order valence-corrected chi connectivity index (χ0v) is 13.3. The molecule has 2 fully saturated rings. The van der Waals surface area contributed by atoms with E-state index in [4.69, 9.17) is 0 Å². The SMILES string of the molecule is CC(C)C(=O)N1CC2(C1)SCCN2C(=O)C(C)(C)C. The molecule has 5 heteroatoms. The van der Waals surface area contributed by atoms with Gasteiger partial charge >= 0.3 is 0 Å². The van der Waals surface area contributed by atoms with Crippen molar-refractivity contribution in [1.82, 2.24) is 9.80 Å². The predicted molar refractivity (Wildman–Crippen MR) is 77.8 cm³/mol. The highest BCUT2D eigenvalue weighted by Gasteiger charge is 2.55. The van der Waals surface area contributed by atoms with Crippen LogP contribution in [0.1, 0.15) is 34.6 Å². The van der Waals surface area contributed by atoms with Crippen molar-refractivity contribution in [3.8, 4) is 0 Å². The highest BCUT2D eigenvalue weighted by Crippen LogP contribution is 2.45. The Morgan fingerprint density at radius 2 is 1.79 bits per heavy atom. The van der Waals surface area contributed by atoms with Gasteiger partial charge in [-0.05, 0) is 0 Å². The molecule has 2 aliphatic rings. The van der Waals surface area contributed by atoms with Crippen molar-refractivity contribution < 1.29 is 9.59 Å². The third-order valence-electron chi connectivity index (χ3n) is 3.75. The molecule has 0 bridgehead atoms. The summed E-state index contributed by atoms with van der Waals surface area (Å²) in [6.45, 7) is 11.9. The first kappa shape index (κ1) is 14.7. The summed E-state index contributed by atoms with van der Waals surface area (Å²) >= 11 is 1.83. The maximum Gasteiger partial charge on any atom is 0.229 e. The minimum Gasteiger partial charge on any atom is -0.336 e. The highest BCUT2D eigenvalue weighted by atomic mass is 32.2. The van der Waals surface area contributed by atoms with Gasteiger partial charge in [-0.2, -0.15) is 0 Å². The summed E-state index contributed by atoms with van der Waals surface area (Å²) in [6.07, 6.45) is 0. The number of carbonyl (C=O) groups excluding carboxylic acids is 2. The first-order valence-corrected chi connectivity index (χ1v) is 7.91.